The van der Waals surface area contributed by atoms with Crippen LogP contribution in [0, 0.1) is 13.8 Å². The van der Waals surface area contributed by atoms with Crippen molar-refractivity contribution in [2.45, 2.75) is 46.6 Å². The molecule has 1 aromatic carbocycles. The predicted octanol–water partition coefficient (Wildman–Crippen LogP) is 3.46. The van der Waals surface area contributed by atoms with Gasteiger partial charge in [-0.1, -0.05) is 32.0 Å². The number of hydrogen-bond acceptors (Lipinski definition) is 2. The van der Waals surface area contributed by atoms with Gasteiger partial charge < -0.3 is 10.1 Å². The lowest BCUT2D eigenvalue weighted by molar-refractivity contribution is 0.257. The second kappa shape index (κ2) is 7.33. The van der Waals surface area contributed by atoms with Gasteiger partial charge in [0, 0.05) is 6.04 Å². The Balaban J connectivity index is 2.53. The topological polar surface area (TPSA) is 21.3 Å². The molecule has 2 nitrogen and oxygen atoms in total. The number of ether oxygens (including phenoxy) is 1. The Hall–Kier alpha value is -1.02. The van der Waals surface area contributed by atoms with Crippen molar-refractivity contribution in [2.75, 3.05) is 13.2 Å². The van der Waals surface area contributed by atoms with Crippen molar-refractivity contribution in [2.24, 2.45) is 0 Å². The standard InChI is InChI=1S/C15H25NO/c1-5-10-16-14(6-2)11-17-15-12(3)8-7-9-13(15)4/h7-9,14,16H,5-6,10-11H2,1-4H3. The van der Waals surface area contributed by atoms with Gasteiger partial charge in [-0.15, -0.1) is 0 Å². The Kier molecular flexibility index (Phi) is 6.06. The van der Waals surface area contributed by atoms with E-state index in [1.807, 2.05) is 0 Å². The molecule has 96 valence electrons. The van der Waals surface area contributed by atoms with Crippen molar-refractivity contribution in [3.63, 3.8) is 0 Å². The molecule has 0 heterocycles. The summed E-state index contributed by atoms with van der Waals surface area (Å²) in [5.41, 5.74) is 2.44. The van der Waals surface area contributed by atoms with Gasteiger partial charge in [0.15, 0.2) is 0 Å². The van der Waals surface area contributed by atoms with Crippen molar-refractivity contribution in [1.29, 1.82) is 0 Å². The molecular formula is C15H25NO. The Labute approximate surface area is 105 Å². The monoisotopic (exact) mass is 235 g/mol. The number of aryl methyl sites for hydroxylation is 2. The maximum absolute atomic E-state index is 5.96. The van der Waals surface area contributed by atoms with E-state index < -0.39 is 0 Å². The minimum atomic E-state index is 0.453. The van der Waals surface area contributed by atoms with Gasteiger partial charge in [0.25, 0.3) is 0 Å². The fourth-order valence-corrected chi connectivity index (χ4v) is 1.88. The number of rotatable bonds is 7. The summed E-state index contributed by atoms with van der Waals surface area (Å²) in [5.74, 6) is 1.05. The zero-order valence-corrected chi connectivity index (χ0v) is 11.5. The van der Waals surface area contributed by atoms with Crippen LogP contribution in [0.5, 0.6) is 5.75 Å². The summed E-state index contributed by atoms with van der Waals surface area (Å²) in [6, 6.07) is 6.73. The normalized spacial score (nSPS) is 12.5. The third-order valence-corrected chi connectivity index (χ3v) is 3.01. The minimum Gasteiger partial charge on any atom is -0.491 e. The van der Waals surface area contributed by atoms with Crippen LogP contribution in [-0.4, -0.2) is 19.2 Å². The van der Waals surface area contributed by atoms with Crippen LogP contribution >= 0.6 is 0 Å². The van der Waals surface area contributed by atoms with Gasteiger partial charge in [-0.05, 0) is 44.4 Å². The van der Waals surface area contributed by atoms with Crippen molar-refractivity contribution < 1.29 is 4.74 Å². The van der Waals surface area contributed by atoms with Crippen LogP contribution in [0.3, 0.4) is 0 Å². The van der Waals surface area contributed by atoms with E-state index in [9.17, 15) is 0 Å². The van der Waals surface area contributed by atoms with Crippen molar-refractivity contribution in [3.8, 4) is 5.75 Å². The van der Waals surface area contributed by atoms with Crippen LogP contribution < -0.4 is 10.1 Å². The van der Waals surface area contributed by atoms with Gasteiger partial charge >= 0.3 is 0 Å². The average molecular weight is 235 g/mol. The molecule has 0 saturated heterocycles. The summed E-state index contributed by atoms with van der Waals surface area (Å²) in [6.07, 6.45) is 2.27. The van der Waals surface area contributed by atoms with Gasteiger partial charge in [-0.25, -0.2) is 0 Å². The minimum absolute atomic E-state index is 0.453. The molecule has 0 spiro atoms. The van der Waals surface area contributed by atoms with Crippen LogP contribution in [0.1, 0.15) is 37.8 Å². The summed E-state index contributed by atoms with van der Waals surface area (Å²) in [6.45, 7) is 10.4. The molecule has 0 aromatic heterocycles. The maximum Gasteiger partial charge on any atom is 0.125 e. The Morgan fingerprint density at radius 2 is 1.82 bits per heavy atom. The van der Waals surface area contributed by atoms with E-state index in [1.54, 1.807) is 0 Å². The third-order valence-electron chi connectivity index (χ3n) is 3.01. The van der Waals surface area contributed by atoms with Crippen LogP contribution in [0.15, 0.2) is 18.2 Å². The summed E-state index contributed by atoms with van der Waals surface area (Å²) < 4.78 is 5.96. The molecule has 1 unspecified atom stereocenters. The first-order valence-corrected chi connectivity index (χ1v) is 6.61. The lowest BCUT2D eigenvalue weighted by Crippen LogP contribution is -2.34. The first-order chi connectivity index (χ1) is 8.19. The fraction of sp³-hybridized carbons (Fsp3) is 0.600. The largest absolute Gasteiger partial charge is 0.491 e. The number of benzene rings is 1. The molecule has 0 amide bonds. The molecule has 0 aliphatic heterocycles. The molecule has 1 atom stereocenters. The SMILES string of the molecule is CCCNC(CC)COc1c(C)cccc1C. The van der Waals surface area contributed by atoms with Gasteiger partial charge in [-0.3, -0.25) is 0 Å². The van der Waals surface area contributed by atoms with E-state index in [4.69, 9.17) is 4.74 Å². The van der Waals surface area contributed by atoms with E-state index in [1.165, 1.54) is 17.5 Å². The molecule has 0 aliphatic rings. The highest BCUT2D eigenvalue weighted by molar-refractivity contribution is 5.39. The maximum atomic E-state index is 5.96. The number of nitrogens with one attached hydrogen (secondary N) is 1. The summed E-state index contributed by atoms with van der Waals surface area (Å²) in [7, 11) is 0. The fourth-order valence-electron chi connectivity index (χ4n) is 1.88. The molecule has 0 saturated carbocycles. The van der Waals surface area contributed by atoms with Crippen molar-refractivity contribution in [3.05, 3.63) is 29.3 Å². The van der Waals surface area contributed by atoms with E-state index in [2.05, 4.69) is 51.2 Å². The Bertz CT molecular complexity index is 315. The quantitative estimate of drug-likeness (QED) is 0.781. The zero-order valence-electron chi connectivity index (χ0n) is 11.5. The van der Waals surface area contributed by atoms with E-state index in [0.29, 0.717) is 6.04 Å². The highest BCUT2D eigenvalue weighted by Crippen LogP contribution is 2.22. The van der Waals surface area contributed by atoms with Crippen LogP contribution in [0.25, 0.3) is 0 Å². The van der Waals surface area contributed by atoms with Gasteiger partial charge in [-0.2, -0.15) is 0 Å². The average Bonchev–Trinajstić information content (AvgIpc) is 2.32. The smallest absolute Gasteiger partial charge is 0.125 e. The second-order valence-corrected chi connectivity index (χ2v) is 4.59. The molecule has 1 aromatic rings. The molecule has 17 heavy (non-hydrogen) atoms. The molecule has 2 heteroatoms. The first-order valence-electron chi connectivity index (χ1n) is 6.61. The van der Waals surface area contributed by atoms with E-state index in [-0.39, 0.29) is 0 Å². The summed E-state index contributed by atoms with van der Waals surface area (Å²) >= 11 is 0. The third kappa shape index (κ3) is 4.39. The van der Waals surface area contributed by atoms with Crippen LogP contribution in [0.4, 0.5) is 0 Å². The zero-order chi connectivity index (χ0) is 12.7. The Morgan fingerprint density at radius 3 is 2.35 bits per heavy atom. The number of para-hydroxylation sites is 1. The second-order valence-electron chi connectivity index (χ2n) is 4.59. The highest BCUT2D eigenvalue weighted by Gasteiger charge is 2.08. The van der Waals surface area contributed by atoms with Crippen LogP contribution in [0.2, 0.25) is 0 Å². The molecule has 0 aliphatic carbocycles. The molecule has 0 fully saturated rings. The van der Waals surface area contributed by atoms with E-state index >= 15 is 0 Å². The molecule has 0 radical (unpaired) electrons. The lowest BCUT2D eigenvalue weighted by atomic mass is 10.1. The highest BCUT2D eigenvalue weighted by atomic mass is 16.5. The number of hydrogen-bond donors (Lipinski definition) is 1. The van der Waals surface area contributed by atoms with Gasteiger partial charge in [0.05, 0.1) is 0 Å². The van der Waals surface area contributed by atoms with Crippen LogP contribution in [-0.2, 0) is 0 Å². The Morgan fingerprint density at radius 1 is 1.18 bits per heavy atom. The predicted molar refractivity (Wildman–Crippen MR) is 73.8 cm³/mol. The van der Waals surface area contributed by atoms with Gasteiger partial charge in [0.2, 0.25) is 0 Å². The molecule has 1 rings (SSSR count). The molecule has 1 N–H and O–H groups in total. The summed E-state index contributed by atoms with van der Waals surface area (Å²) in [5, 5.41) is 3.50. The first kappa shape index (κ1) is 14.0. The van der Waals surface area contributed by atoms with E-state index in [0.717, 1.165) is 25.3 Å². The molecule has 0 bridgehead atoms. The summed E-state index contributed by atoms with van der Waals surface area (Å²) in [4.78, 5) is 0. The van der Waals surface area contributed by atoms with Gasteiger partial charge in [0.1, 0.15) is 12.4 Å². The van der Waals surface area contributed by atoms with Crippen molar-refractivity contribution >= 4 is 0 Å². The molecular weight excluding hydrogens is 210 g/mol. The van der Waals surface area contributed by atoms with Crippen molar-refractivity contribution in [1.82, 2.24) is 5.32 Å². The lowest BCUT2D eigenvalue weighted by Gasteiger charge is -2.19.